The summed E-state index contributed by atoms with van der Waals surface area (Å²) in [5.74, 6) is -2.58. The van der Waals surface area contributed by atoms with Crippen molar-refractivity contribution in [1.82, 2.24) is 19.6 Å². The first-order chi connectivity index (χ1) is 20.0. The van der Waals surface area contributed by atoms with E-state index in [1.165, 1.54) is 0 Å². The average molecular weight is 440 g/mol. The van der Waals surface area contributed by atoms with E-state index in [4.69, 9.17) is 22.3 Å². The first kappa shape index (κ1) is 10.4. The van der Waals surface area contributed by atoms with Crippen LogP contribution >= 0.6 is 0 Å². The molecule has 0 saturated carbocycles. The second-order valence-electron chi connectivity index (χ2n) is 7.31. The zero-order valence-electron chi connectivity index (χ0n) is 29.4. The fourth-order valence-electron chi connectivity index (χ4n) is 3.74. The van der Waals surface area contributed by atoms with Crippen LogP contribution in [0.5, 0.6) is 0 Å². The highest BCUT2D eigenvalue weighted by Crippen LogP contribution is 2.32. The number of halogens is 1. The van der Waals surface area contributed by atoms with Gasteiger partial charge in [0.15, 0.2) is 5.58 Å². The molecule has 1 atom stereocenters. The van der Waals surface area contributed by atoms with E-state index in [2.05, 4.69) is 10.1 Å². The van der Waals surface area contributed by atoms with Crippen LogP contribution in [0.25, 0.3) is 11.0 Å². The first-order valence-electron chi connectivity index (χ1n) is 16.2. The highest BCUT2D eigenvalue weighted by Gasteiger charge is 2.26. The van der Waals surface area contributed by atoms with Crippen molar-refractivity contribution >= 4 is 11.0 Å². The van der Waals surface area contributed by atoms with Crippen LogP contribution in [0.4, 0.5) is 4.39 Å². The fraction of sp³-hybridized carbons (Fsp3) is 0.522. The van der Waals surface area contributed by atoms with E-state index in [0.29, 0.717) is 0 Å². The van der Waals surface area contributed by atoms with Crippen LogP contribution in [0.15, 0.2) is 27.4 Å². The van der Waals surface area contributed by atoms with Gasteiger partial charge in [-0.2, -0.15) is 0 Å². The molecule has 1 unspecified atom stereocenters. The number of aromatic nitrogens is 3. The third kappa shape index (κ3) is 3.78. The van der Waals surface area contributed by atoms with Gasteiger partial charge in [-0.1, -0.05) is 5.16 Å². The molecule has 0 bridgehead atoms. The molecule has 7 nitrogen and oxygen atoms in total. The number of hydrogen-bond donors (Lipinski definition) is 1. The highest BCUT2D eigenvalue weighted by atomic mass is 19.1. The first-order valence-corrected chi connectivity index (χ1v) is 9.67. The van der Waals surface area contributed by atoms with Gasteiger partial charge in [-0.15, -0.1) is 0 Å². The van der Waals surface area contributed by atoms with Crippen LogP contribution in [0, 0.1) is 12.7 Å². The van der Waals surface area contributed by atoms with E-state index in [1.54, 1.807) is 0 Å². The van der Waals surface area contributed by atoms with E-state index in [1.807, 2.05) is 0 Å². The summed E-state index contributed by atoms with van der Waals surface area (Å²) < 4.78 is 127. The Kier molecular flexibility index (Phi) is 2.73. The topological polar surface area (TPSA) is 84.4 Å². The summed E-state index contributed by atoms with van der Waals surface area (Å²) in [6.07, 6.45) is -12.0. The lowest BCUT2D eigenvalue weighted by molar-refractivity contribution is 0.129. The summed E-state index contributed by atoms with van der Waals surface area (Å²) in [6.45, 7) is -5.51. The Labute approximate surface area is 197 Å². The van der Waals surface area contributed by atoms with E-state index < -0.39 is 90.7 Å². The number of rotatable bonds is 4. The normalized spacial score (nSPS) is 32.2. The summed E-state index contributed by atoms with van der Waals surface area (Å²) in [4.78, 5) is 18.7. The molecule has 0 amide bonds. The second-order valence-corrected chi connectivity index (χ2v) is 7.31. The molecule has 3 aromatic rings. The van der Waals surface area contributed by atoms with E-state index in [-0.39, 0.29) is 47.2 Å². The van der Waals surface area contributed by atoms with Crippen molar-refractivity contribution in [2.24, 2.45) is 0 Å². The van der Waals surface area contributed by atoms with Crippen molar-refractivity contribution in [2.45, 2.75) is 57.4 Å². The standard InChI is InChI=1S/C23H27FN4O3/c1-14-17(23(30)28-9-2-3-19(29)22(28)25-14)8-12-27-10-6-15(7-11-27)21-18-5-4-16(24)13-20(18)31-26-21/h4-5,13,15,19,29H,2-3,6-12H2,1H3/i2D2,3D2,4D,5D,8D2,9D2,12D2,13D. The molecular weight excluding hydrogens is 399 g/mol. The van der Waals surface area contributed by atoms with Gasteiger partial charge in [0.2, 0.25) is 0 Å². The SMILES string of the molecule is [2H]c1c(F)c([2H])c2onc(C3CCN(C([2H])([2H])C([2H])([2H])c4c(C)nc5n(c4=O)C([2H])([2H])C([2H])([2H])C([2H])([2H])C5O)CC3)c2c1[2H]. The maximum absolute atomic E-state index is 14.1. The molecule has 1 N–H and O–H groups in total. The number of benzene rings is 1. The van der Waals surface area contributed by atoms with Gasteiger partial charge in [0.25, 0.3) is 5.56 Å². The predicted molar refractivity (Wildman–Crippen MR) is 114 cm³/mol. The van der Waals surface area contributed by atoms with Gasteiger partial charge in [0.1, 0.15) is 17.7 Å². The van der Waals surface area contributed by atoms with Gasteiger partial charge in [-0.05, 0) is 64.1 Å². The van der Waals surface area contributed by atoms with Crippen molar-refractivity contribution in [1.29, 1.82) is 0 Å². The zero-order chi connectivity index (χ0) is 33.1. The molecule has 0 radical (unpaired) electrons. The van der Waals surface area contributed by atoms with Crippen LogP contribution in [-0.4, -0.2) is 44.3 Å². The Morgan fingerprint density at radius 1 is 1.42 bits per heavy atom. The quantitative estimate of drug-likeness (QED) is 0.673. The third-order valence-corrected chi connectivity index (χ3v) is 5.37. The molecule has 1 aromatic carbocycles. The van der Waals surface area contributed by atoms with Crippen LogP contribution < -0.4 is 5.56 Å². The number of piperidine rings is 1. The van der Waals surface area contributed by atoms with Gasteiger partial charge in [-0.3, -0.25) is 9.36 Å². The summed E-state index contributed by atoms with van der Waals surface area (Å²) >= 11 is 0. The van der Waals surface area contributed by atoms with E-state index >= 15 is 0 Å². The number of nitrogens with zero attached hydrogens (tertiary/aromatic N) is 4. The smallest absolute Gasteiger partial charge is 0.257 e. The Balaban J connectivity index is 1.50. The predicted octanol–water partition coefficient (Wildman–Crippen LogP) is 3.08. The summed E-state index contributed by atoms with van der Waals surface area (Å²) in [7, 11) is 0. The Hall–Kier alpha value is -2.58. The number of fused-ring (bicyclic) bond motifs is 2. The molecule has 2 aliphatic heterocycles. The van der Waals surface area contributed by atoms with Crippen molar-refractivity contribution in [3.63, 3.8) is 0 Å². The van der Waals surface area contributed by atoms with Crippen molar-refractivity contribution in [3.05, 3.63) is 57.1 Å². The van der Waals surface area contributed by atoms with Crippen LogP contribution in [0.3, 0.4) is 0 Å². The molecule has 1 fully saturated rings. The molecule has 31 heavy (non-hydrogen) atoms. The zero-order valence-corrected chi connectivity index (χ0v) is 16.4. The van der Waals surface area contributed by atoms with Gasteiger partial charge in [-0.25, -0.2) is 9.37 Å². The molecule has 5 rings (SSSR count). The van der Waals surface area contributed by atoms with Crippen LogP contribution in [-0.2, 0) is 12.9 Å². The third-order valence-electron chi connectivity index (χ3n) is 5.37. The average Bonchev–Trinajstić information content (AvgIpc) is 3.38. The van der Waals surface area contributed by atoms with Crippen molar-refractivity contribution < 1.29 is 31.8 Å². The summed E-state index contributed by atoms with van der Waals surface area (Å²) in [5, 5.41) is 14.4. The lowest BCUT2D eigenvalue weighted by atomic mass is 9.91. The monoisotopic (exact) mass is 439 g/mol. The number of aliphatic hydroxyl groups excluding tert-OH is 1. The molecule has 2 aliphatic rings. The largest absolute Gasteiger partial charge is 0.385 e. The maximum atomic E-state index is 14.1. The Morgan fingerprint density at radius 3 is 3.03 bits per heavy atom. The minimum Gasteiger partial charge on any atom is -0.385 e. The molecule has 8 heteroatoms. The second kappa shape index (κ2) is 8.16. The fourth-order valence-corrected chi connectivity index (χ4v) is 3.74. The van der Waals surface area contributed by atoms with E-state index in [9.17, 15) is 14.3 Å². The molecule has 0 aliphatic carbocycles. The lowest BCUT2D eigenvalue weighted by Gasteiger charge is -2.31. The van der Waals surface area contributed by atoms with E-state index in [0.717, 1.165) is 11.8 Å². The molecule has 4 heterocycles. The number of likely N-dealkylation sites (tertiary alicyclic amines) is 1. The Bertz CT molecular complexity index is 1730. The lowest BCUT2D eigenvalue weighted by Crippen LogP contribution is -2.37. The number of hydrogen-bond acceptors (Lipinski definition) is 6. The molecule has 1 saturated heterocycles. The highest BCUT2D eigenvalue weighted by molar-refractivity contribution is 5.79. The number of aliphatic hydroxyl groups is 1. The molecule has 2 aromatic heterocycles. The molecular formula is C23H27FN4O3. The minimum absolute atomic E-state index is 0.0114. The maximum Gasteiger partial charge on any atom is 0.257 e. The van der Waals surface area contributed by atoms with Gasteiger partial charge >= 0.3 is 0 Å². The van der Waals surface area contributed by atoms with Crippen molar-refractivity contribution in [2.75, 3.05) is 19.6 Å². The minimum atomic E-state index is -3.48. The van der Waals surface area contributed by atoms with Crippen molar-refractivity contribution in [3.8, 4) is 0 Å². The summed E-state index contributed by atoms with van der Waals surface area (Å²) in [6, 6.07) is -2.03. The molecule has 164 valence electrons. The summed E-state index contributed by atoms with van der Waals surface area (Å²) in [5.41, 5.74) is -3.01. The number of aryl methyl sites for hydroxylation is 1. The Morgan fingerprint density at radius 2 is 2.23 bits per heavy atom. The van der Waals surface area contributed by atoms with Gasteiger partial charge in [0.05, 0.1) is 9.81 Å². The van der Waals surface area contributed by atoms with Crippen LogP contribution in [0.2, 0.25) is 0 Å². The van der Waals surface area contributed by atoms with Gasteiger partial charge in [0, 0.05) is 55.3 Å². The van der Waals surface area contributed by atoms with Crippen LogP contribution in [0.1, 0.15) is 78.2 Å². The van der Waals surface area contributed by atoms with Gasteiger partial charge < -0.3 is 14.5 Å². The molecule has 0 spiro atoms.